The molecule has 0 amide bonds. The lowest BCUT2D eigenvalue weighted by molar-refractivity contribution is 0.494. The molecule has 18 heavy (non-hydrogen) atoms. The highest BCUT2D eigenvalue weighted by atomic mass is 16.3. The van der Waals surface area contributed by atoms with E-state index in [9.17, 15) is 0 Å². The van der Waals surface area contributed by atoms with Gasteiger partial charge in [-0.25, -0.2) is 0 Å². The van der Waals surface area contributed by atoms with Gasteiger partial charge in [-0.15, -0.1) is 0 Å². The summed E-state index contributed by atoms with van der Waals surface area (Å²) in [5, 5.41) is 4.16. The Morgan fingerprint density at radius 3 is 2.56 bits per heavy atom. The van der Waals surface area contributed by atoms with Crippen LogP contribution in [0.15, 0.2) is 16.8 Å². The van der Waals surface area contributed by atoms with Crippen LogP contribution in [0.1, 0.15) is 40.7 Å². The monoisotopic (exact) mass is 247 g/mol. The normalized spacial score (nSPS) is 12.9. The number of furan rings is 1. The first-order valence-corrected chi connectivity index (χ1v) is 6.28. The zero-order valence-corrected chi connectivity index (χ0v) is 11.5. The molecule has 2 aromatic heterocycles. The topological polar surface area (TPSA) is 57.0 Å². The summed E-state index contributed by atoms with van der Waals surface area (Å²) in [4.78, 5) is 0. The summed E-state index contributed by atoms with van der Waals surface area (Å²) in [5.74, 6) is 1.92. The molecule has 0 spiro atoms. The summed E-state index contributed by atoms with van der Waals surface area (Å²) in [6.45, 7) is 6.05. The van der Waals surface area contributed by atoms with E-state index in [1.54, 1.807) is 0 Å². The van der Waals surface area contributed by atoms with E-state index in [0.29, 0.717) is 0 Å². The molecule has 2 rings (SSSR count). The zero-order valence-electron chi connectivity index (χ0n) is 11.5. The molecule has 2 heterocycles. The van der Waals surface area contributed by atoms with Crippen molar-refractivity contribution in [1.29, 1.82) is 0 Å². The van der Waals surface area contributed by atoms with Gasteiger partial charge in [0.15, 0.2) is 0 Å². The highest BCUT2D eigenvalue weighted by Gasteiger charge is 2.17. The number of hydrogen-bond donors (Lipinski definition) is 1. The predicted molar refractivity (Wildman–Crippen MR) is 71.4 cm³/mol. The Hall–Kier alpha value is -1.55. The van der Waals surface area contributed by atoms with Crippen LogP contribution in [0.4, 0.5) is 0 Å². The molecule has 0 fully saturated rings. The van der Waals surface area contributed by atoms with Crippen molar-refractivity contribution in [2.75, 3.05) is 0 Å². The number of aryl methyl sites for hydroxylation is 4. The average molecular weight is 247 g/mol. The highest BCUT2D eigenvalue weighted by Crippen LogP contribution is 2.28. The minimum Gasteiger partial charge on any atom is -0.466 e. The van der Waals surface area contributed by atoms with E-state index in [1.165, 1.54) is 11.1 Å². The van der Waals surface area contributed by atoms with E-state index in [2.05, 4.69) is 12.0 Å². The zero-order chi connectivity index (χ0) is 13.3. The van der Waals surface area contributed by atoms with Crippen molar-refractivity contribution in [3.05, 3.63) is 40.6 Å². The second-order valence-corrected chi connectivity index (χ2v) is 4.92. The summed E-state index contributed by atoms with van der Waals surface area (Å²) >= 11 is 0. The fraction of sp³-hybridized carbons (Fsp3) is 0.500. The maximum absolute atomic E-state index is 6.28. The number of nitrogens with zero attached hydrogens (tertiary/aromatic N) is 2. The Balaban J connectivity index is 2.05. The van der Waals surface area contributed by atoms with E-state index in [4.69, 9.17) is 10.2 Å². The molecule has 4 nitrogen and oxygen atoms in total. The quantitative estimate of drug-likeness (QED) is 0.903. The SMILES string of the molecule is Cc1oc(C)c(C(N)CCc2cnn(C)c2)c1C. The number of aromatic nitrogens is 2. The highest BCUT2D eigenvalue weighted by molar-refractivity contribution is 5.34. The number of rotatable bonds is 4. The van der Waals surface area contributed by atoms with Crippen LogP contribution in [0.25, 0.3) is 0 Å². The Kier molecular flexibility index (Phi) is 3.57. The average Bonchev–Trinajstić information content (AvgIpc) is 2.82. The van der Waals surface area contributed by atoms with Crippen LogP contribution >= 0.6 is 0 Å². The van der Waals surface area contributed by atoms with E-state index in [0.717, 1.165) is 29.9 Å². The molecule has 0 aliphatic carbocycles. The standard InChI is InChI=1S/C14H21N3O/c1-9-10(2)18-11(3)14(9)13(15)6-5-12-7-16-17(4)8-12/h7-8,13H,5-6,15H2,1-4H3. The molecule has 0 radical (unpaired) electrons. The molecule has 0 saturated carbocycles. The van der Waals surface area contributed by atoms with Gasteiger partial charge < -0.3 is 10.2 Å². The molecule has 0 bridgehead atoms. The molecule has 0 aliphatic heterocycles. The molecule has 0 aliphatic rings. The molecule has 0 saturated heterocycles. The predicted octanol–water partition coefficient (Wildman–Crippen LogP) is 2.57. The van der Waals surface area contributed by atoms with Crippen molar-refractivity contribution in [2.24, 2.45) is 12.8 Å². The molecule has 0 aromatic carbocycles. The second-order valence-electron chi connectivity index (χ2n) is 4.92. The van der Waals surface area contributed by atoms with Crippen LogP contribution in [0.5, 0.6) is 0 Å². The van der Waals surface area contributed by atoms with Gasteiger partial charge >= 0.3 is 0 Å². The summed E-state index contributed by atoms with van der Waals surface area (Å²) in [6, 6.07) is 0.0302. The Morgan fingerprint density at radius 2 is 2.06 bits per heavy atom. The van der Waals surface area contributed by atoms with Crippen LogP contribution in [-0.4, -0.2) is 9.78 Å². The fourth-order valence-electron chi connectivity index (χ4n) is 2.42. The third kappa shape index (κ3) is 2.48. The third-order valence-electron chi connectivity index (χ3n) is 3.49. The summed E-state index contributed by atoms with van der Waals surface area (Å²) in [6.07, 6.45) is 5.78. The van der Waals surface area contributed by atoms with E-state index < -0.39 is 0 Å². The van der Waals surface area contributed by atoms with Gasteiger partial charge in [-0.2, -0.15) is 5.10 Å². The minimum atomic E-state index is 0.0302. The van der Waals surface area contributed by atoms with Crippen molar-refractivity contribution < 1.29 is 4.42 Å². The summed E-state index contributed by atoms with van der Waals surface area (Å²) in [7, 11) is 1.93. The fourth-order valence-corrected chi connectivity index (χ4v) is 2.42. The van der Waals surface area contributed by atoms with E-state index in [1.807, 2.05) is 38.0 Å². The minimum absolute atomic E-state index is 0.0302. The maximum Gasteiger partial charge on any atom is 0.106 e. The van der Waals surface area contributed by atoms with Gasteiger partial charge in [0.25, 0.3) is 0 Å². The van der Waals surface area contributed by atoms with Crippen LogP contribution in [0.2, 0.25) is 0 Å². The van der Waals surface area contributed by atoms with Crippen molar-refractivity contribution in [1.82, 2.24) is 9.78 Å². The summed E-state index contributed by atoms with van der Waals surface area (Å²) < 4.78 is 7.44. The lowest BCUT2D eigenvalue weighted by Gasteiger charge is -2.11. The largest absolute Gasteiger partial charge is 0.466 e. The van der Waals surface area contributed by atoms with Crippen molar-refractivity contribution in [2.45, 2.75) is 39.7 Å². The molecule has 2 aromatic rings. The van der Waals surface area contributed by atoms with Gasteiger partial charge in [0.05, 0.1) is 6.20 Å². The van der Waals surface area contributed by atoms with E-state index in [-0.39, 0.29) is 6.04 Å². The molecule has 4 heteroatoms. The van der Waals surface area contributed by atoms with Crippen LogP contribution in [-0.2, 0) is 13.5 Å². The Bertz CT molecular complexity index is 539. The molecular formula is C14H21N3O. The van der Waals surface area contributed by atoms with Crippen LogP contribution in [0, 0.1) is 20.8 Å². The van der Waals surface area contributed by atoms with Gasteiger partial charge in [0.2, 0.25) is 0 Å². The molecule has 1 unspecified atom stereocenters. The van der Waals surface area contributed by atoms with Crippen molar-refractivity contribution in [3.8, 4) is 0 Å². The molecule has 2 N–H and O–H groups in total. The van der Waals surface area contributed by atoms with Gasteiger partial charge in [-0.1, -0.05) is 0 Å². The van der Waals surface area contributed by atoms with Gasteiger partial charge in [0, 0.05) is 24.8 Å². The maximum atomic E-state index is 6.28. The first-order valence-electron chi connectivity index (χ1n) is 6.28. The van der Waals surface area contributed by atoms with Gasteiger partial charge in [-0.05, 0) is 44.7 Å². The first kappa shape index (κ1) is 12.9. The van der Waals surface area contributed by atoms with E-state index >= 15 is 0 Å². The van der Waals surface area contributed by atoms with Crippen molar-refractivity contribution in [3.63, 3.8) is 0 Å². The van der Waals surface area contributed by atoms with Crippen molar-refractivity contribution >= 4 is 0 Å². The first-order chi connectivity index (χ1) is 8.49. The number of hydrogen-bond acceptors (Lipinski definition) is 3. The summed E-state index contributed by atoms with van der Waals surface area (Å²) in [5.41, 5.74) is 9.85. The van der Waals surface area contributed by atoms with Gasteiger partial charge in [0.1, 0.15) is 11.5 Å². The Morgan fingerprint density at radius 1 is 1.33 bits per heavy atom. The second kappa shape index (κ2) is 4.98. The lowest BCUT2D eigenvalue weighted by atomic mass is 9.98. The van der Waals surface area contributed by atoms with Crippen LogP contribution < -0.4 is 5.73 Å². The van der Waals surface area contributed by atoms with Crippen LogP contribution in [0.3, 0.4) is 0 Å². The molecular weight excluding hydrogens is 226 g/mol. The smallest absolute Gasteiger partial charge is 0.106 e. The third-order valence-corrected chi connectivity index (χ3v) is 3.49. The van der Waals surface area contributed by atoms with Gasteiger partial charge in [-0.3, -0.25) is 4.68 Å². The lowest BCUT2D eigenvalue weighted by Crippen LogP contribution is -2.12. The molecule has 98 valence electrons. The number of nitrogens with two attached hydrogens (primary N) is 1. The molecule has 1 atom stereocenters. The Labute approximate surface area is 108 Å².